The van der Waals surface area contributed by atoms with Gasteiger partial charge in [-0.15, -0.1) is 0 Å². The Kier molecular flexibility index (Phi) is 5.48. The van der Waals surface area contributed by atoms with Crippen molar-refractivity contribution in [2.75, 3.05) is 37.7 Å². The molecule has 4 rings (SSSR count). The predicted molar refractivity (Wildman–Crippen MR) is 110 cm³/mol. The Morgan fingerprint density at radius 3 is 2.57 bits per heavy atom. The zero-order valence-electron chi connectivity index (χ0n) is 16.0. The summed E-state index contributed by atoms with van der Waals surface area (Å²) in [5.41, 5.74) is 1.97. The molecule has 28 heavy (non-hydrogen) atoms. The summed E-state index contributed by atoms with van der Waals surface area (Å²) in [6.07, 6.45) is 0. The predicted octanol–water partition coefficient (Wildman–Crippen LogP) is 3.00. The van der Waals surface area contributed by atoms with Gasteiger partial charge in [-0.3, -0.25) is 4.79 Å². The van der Waals surface area contributed by atoms with E-state index in [0.717, 1.165) is 29.8 Å². The zero-order valence-corrected chi connectivity index (χ0v) is 16.0. The first-order valence-corrected chi connectivity index (χ1v) is 9.65. The van der Waals surface area contributed by atoms with Crippen LogP contribution in [0.3, 0.4) is 0 Å². The van der Waals surface area contributed by atoms with E-state index in [-0.39, 0.29) is 17.6 Å². The molecule has 0 radical (unpaired) electrons. The molecule has 1 fully saturated rings. The van der Waals surface area contributed by atoms with E-state index < -0.39 is 0 Å². The molecule has 1 saturated heterocycles. The average molecular weight is 376 g/mol. The van der Waals surface area contributed by atoms with Crippen molar-refractivity contribution in [3.05, 3.63) is 66.0 Å². The number of nitrogens with one attached hydrogen (secondary N) is 1. The highest BCUT2D eigenvalue weighted by atomic mass is 16.5. The maximum absolute atomic E-state index is 12.8. The number of hydrogen-bond donors (Lipinski definition) is 1. The van der Waals surface area contributed by atoms with Crippen LogP contribution in [0.1, 0.15) is 29.0 Å². The van der Waals surface area contributed by atoms with Crippen molar-refractivity contribution in [2.24, 2.45) is 0 Å². The summed E-state index contributed by atoms with van der Waals surface area (Å²) in [6.45, 7) is 5.46. The second kappa shape index (κ2) is 8.35. The van der Waals surface area contributed by atoms with Crippen molar-refractivity contribution in [1.29, 1.82) is 0 Å². The van der Waals surface area contributed by atoms with E-state index in [4.69, 9.17) is 4.74 Å². The van der Waals surface area contributed by atoms with Crippen LogP contribution in [0.2, 0.25) is 0 Å². The van der Waals surface area contributed by atoms with E-state index >= 15 is 0 Å². The Morgan fingerprint density at radius 1 is 1.07 bits per heavy atom. The zero-order chi connectivity index (χ0) is 19.3. The number of carbonyl (C=O) groups excluding carboxylic acids is 1. The fourth-order valence-corrected chi connectivity index (χ4v) is 3.40. The number of nitrogens with zero attached hydrogens (tertiary/aromatic N) is 3. The second-order valence-electron chi connectivity index (χ2n) is 7.01. The number of hydrogen-bond acceptors (Lipinski definition) is 5. The summed E-state index contributed by atoms with van der Waals surface area (Å²) >= 11 is 0. The van der Waals surface area contributed by atoms with Crippen LogP contribution in [0.4, 0.5) is 5.82 Å². The Morgan fingerprint density at radius 2 is 1.79 bits per heavy atom. The van der Waals surface area contributed by atoms with E-state index in [1.54, 1.807) is 0 Å². The molecule has 0 unspecified atom stereocenters. The summed E-state index contributed by atoms with van der Waals surface area (Å²) in [4.78, 5) is 24.1. The fraction of sp³-hybridized carbons (Fsp3) is 0.318. The quantitative estimate of drug-likeness (QED) is 0.741. The molecular formula is C22H24N4O2. The van der Waals surface area contributed by atoms with Crippen LogP contribution in [0.25, 0.3) is 10.9 Å². The van der Waals surface area contributed by atoms with Gasteiger partial charge in [-0.2, -0.15) is 0 Å². The van der Waals surface area contributed by atoms with Crippen LogP contribution >= 0.6 is 0 Å². The van der Waals surface area contributed by atoms with Gasteiger partial charge in [-0.25, -0.2) is 9.97 Å². The maximum Gasteiger partial charge on any atom is 0.289 e. The minimum absolute atomic E-state index is 0.209. The van der Waals surface area contributed by atoms with Gasteiger partial charge in [0.15, 0.2) is 0 Å². The largest absolute Gasteiger partial charge is 0.378 e. The molecule has 3 aromatic rings. The highest BCUT2D eigenvalue weighted by molar-refractivity contribution is 5.96. The first kappa shape index (κ1) is 18.4. The van der Waals surface area contributed by atoms with Crippen molar-refractivity contribution < 1.29 is 9.53 Å². The number of aromatic nitrogens is 2. The minimum atomic E-state index is -0.247. The van der Waals surface area contributed by atoms with Crippen molar-refractivity contribution in [3.63, 3.8) is 0 Å². The number of amides is 1. The molecule has 1 atom stereocenters. The molecule has 1 N–H and O–H groups in total. The molecule has 6 heteroatoms. The van der Waals surface area contributed by atoms with Crippen LogP contribution in [0.15, 0.2) is 54.6 Å². The molecule has 1 aliphatic rings. The fourth-order valence-electron chi connectivity index (χ4n) is 3.40. The van der Waals surface area contributed by atoms with Gasteiger partial charge in [-0.1, -0.05) is 49.4 Å². The number of morpholine rings is 1. The lowest BCUT2D eigenvalue weighted by Gasteiger charge is -2.28. The molecule has 1 amide bonds. The molecule has 0 bridgehead atoms. The van der Waals surface area contributed by atoms with Crippen molar-refractivity contribution >= 4 is 22.6 Å². The van der Waals surface area contributed by atoms with Gasteiger partial charge in [0.1, 0.15) is 5.82 Å². The second-order valence-corrected chi connectivity index (χ2v) is 7.01. The highest BCUT2D eigenvalue weighted by Crippen LogP contribution is 2.24. The van der Waals surface area contributed by atoms with Gasteiger partial charge in [0.25, 0.3) is 5.91 Å². The van der Waals surface area contributed by atoms with Crippen LogP contribution in [0, 0.1) is 0 Å². The Hall–Kier alpha value is -2.99. The molecule has 6 nitrogen and oxygen atoms in total. The number of fused-ring (bicyclic) bond motifs is 1. The Balaban J connectivity index is 1.56. The third-order valence-corrected chi connectivity index (χ3v) is 5.03. The molecule has 144 valence electrons. The minimum Gasteiger partial charge on any atom is -0.378 e. The summed E-state index contributed by atoms with van der Waals surface area (Å²) in [5, 5.41) is 3.94. The maximum atomic E-state index is 12.8. The summed E-state index contributed by atoms with van der Waals surface area (Å²) in [6, 6.07) is 18.0. The summed E-state index contributed by atoms with van der Waals surface area (Å²) in [5.74, 6) is 0.975. The lowest BCUT2D eigenvalue weighted by Crippen LogP contribution is -2.37. The van der Waals surface area contributed by atoms with Crippen molar-refractivity contribution in [1.82, 2.24) is 15.3 Å². The van der Waals surface area contributed by atoms with E-state index in [1.165, 1.54) is 5.56 Å². The first-order valence-electron chi connectivity index (χ1n) is 9.65. The first-order chi connectivity index (χ1) is 13.7. The standard InChI is InChI=1S/C22H24N4O2/c1-16(17-7-3-2-4-8-17)15-23-22(27)20-24-19-10-6-5-9-18(19)21(25-20)26-11-13-28-14-12-26/h2-10,16H,11-15H2,1H3,(H,23,27)/t16-/m0/s1. The molecule has 1 aromatic heterocycles. The smallest absolute Gasteiger partial charge is 0.289 e. The van der Waals surface area contributed by atoms with Crippen molar-refractivity contribution in [2.45, 2.75) is 12.8 Å². The number of para-hydroxylation sites is 1. The number of rotatable bonds is 5. The van der Waals surface area contributed by atoms with Gasteiger partial charge in [-0.05, 0) is 23.6 Å². The van der Waals surface area contributed by atoms with Crippen molar-refractivity contribution in [3.8, 4) is 0 Å². The molecular weight excluding hydrogens is 352 g/mol. The molecule has 2 heterocycles. The SMILES string of the molecule is C[C@@H](CNC(=O)c1nc(N2CCOCC2)c2ccccc2n1)c1ccccc1. The average Bonchev–Trinajstić information content (AvgIpc) is 2.77. The molecule has 0 saturated carbocycles. The third-order valence-electron chi connectivity index (χ3n) is 5.03. The van der Waals surface area contributed by atoms with E-state index in [9.17, 15) is 4.79 Å². The monoisotopic (exact) mass is 376 g/mol. The molecule has 0 spiro atoms. The lowest BCUT2D eigenvalue weighted by atomic mass is 10.0. The summed E-state index contributed by atoms with van der Waals surface area (Å²) in [7, 11) is 0. The Labute approximate surface area is 164 Å². The number of benzene rings is 2. The lowest BCUT2D eigenvalue weighted by molar-refractivity contribution is 0.0941. The van der Waals surface area contributed by atoms with E-state index in [0.29, 0.717) is 19.8 Å². The van der Waals surface area contributed by atoms with Gasteiger partial charge >= 0.3 is 0 Å². The van der Waals surface area contributed by atoms with E-state index in [2.05, 4.69) is 39.2 Å². The number of anilines is 1. The Bertz CT molecular complexity index is 955. The van der Waals surface area contributed by atoms with E-state index in [1.807, 2.05) is 42.5 Å². The van der Waals surface area contributed by atoms with Crippen LogP contribution < -0.4 is 10.2 Å². The third kappa shape index (κ3) is 3.97. The van der Waals surface area contributed by atoms with Gasteiger partial charge in [0, 0.05) is 25.0 Å². The highest BCUT2D eigenvalue weighted by Gasteiger charge is 2.20. The summed E-state index contributed by atoms with van der Waals surface area (Å²) < 4.78 is 5.45. The van der Waals surface area contributed by atoms with Gasteiger partial charge < -0.3 is 15.0 Å². The molecule has 2 aromatic carbocycles. The number of carbonyl (C=O) groups is 1. The topological polar surface area (TPSA) is 67.4 Å². The van der Waals surface area contributed by atoms with Crippen LogP contribution in [0.5, 0.6) is 0 Å². The van der Waals surface area contributed by atoms with Crippen LogP contribution in [-0.4, -0.2) is 48.7 Å². The molecule has 0 aliphatic carbocycles. The van der Waals surface area contributed by atoms with Gasteiger partial charge in [0.05, 0.1) is 18.7 Å². The van der Waals surface area contributed by atoms with Gasteiger partial charge in [0.2, 0.25) is 5.82 Å². The molecule has 1 aliphatic heterocycles. The normalized spacial score (nSPS) is 15.4. The van der Waals surface area contributed by atoms with Crippen LogP contribution in [-0.2, 0) is 4.74 Å². The number of ether oxygens (including phenoxy) is 1.